The molecule has 0 aliphatic carbocycles. The highest BCUT2D eigenvalue weighted by molar-refractivity contribution is 5.89. The number of alkyl carbamates (subject to hydrolysis) is 1. The van der Waals surface area contributed by atoms with Crippen LogP contribution in [0.25, 0.3) is 0 Å². The summed E-state index contributed by atoms with van der Waals surface area (Å²) in [6.07, 6.45) is -1.53. The van der Waals surface area contributed by atoms with Crippen molar-refractivity contribution in [2.24, 2.45) is 0 Å². The lowest BCUT2D eigenvalue weighted by atomic mass is 10.1. The second kappa shape index (κ2) is 7.84. The summed E-state index contributed by atoms with van der Waals surface area (Å²) in [5.74, 6) is -0.419. The van der Waals surface area contributed by atoms with Crippen molar-refractivity contribution in [1.29, 1.82) is 0 Å². The van der Waals surface area contributed by atoms with Gasteiger partial charge in [0.1, 0.15) is 12.2 Å². The van der Waals surface area contributed by atoms with E-state index in [4.69, 9.17) is 18.9 Å². The van der Waals surface area contributed by atoms with Crippen molar-refractivity contribution in [2.45, 2.75) is 50.7 Å². The predicted molar refractivity (Wildman–Crippen MR) is 88.3 cm³/mol. The van der Waals surface area contributed by atoms with E-state index in [1.165, 1.54) is 0 Å². The molecule has 0 spiro atoms. The van der Waals surface area contributed by atoms with Crippen molar-refractivity contribution in [3.63, 3.8) is 0 Å². The number of carbonyl (C=O) groups is 2. The van der Waals surface area contributed by atoms with Crippen LogP contribution in [0.3, 0.4) is 0 Å². The smallest absolute Gasteiger partial charge is 0.407 e. The molecule has 2 saturated heterocycles. The maximum atomic E-state index is 12.2. The average molecular weight is 349 g/mol. The van der Waals surface area contributed by atoms with Gasteiger partial charge in [0.05, 0.1) is 18.8 Å². The largest absolute Gasteiger partial charge is 0.453 e. The highest BCUT2D eigenvalue weighted by Gasteiger charge is 2.51. The molecule has 1 amide bonds. The van der Waals surface area contributed by atoms with Crippen LogP contribution in [0, 0.1) is 0 Å². The van der Waals surface area contributed by atoms with Crippen LogP contribution in [0.15, 0.2) is 30.3 Å². The second-order valence-electron chi connectivity index (χ2n) is 6.30. The summed E-state index contributed by atoms with van der Waals surface area (Å²) in [5, 5.41) is 2.74. The third-order valence-electron chi connectivity index (χ3n) is 4.47. The summed E-state index contributed by atoms with van der Waals surface area (Å²) < 4.78 is 22.2. The molecule has 1 N–H and O–H groups in total. The lowest BCUT2D eigenvalue weighted by molar-refractivity contribution is -0.0233. The number of carbonyl (C=O) groups excluding carboxylic acids is 2. The minimum Gasteiger partial charge on any atom is -0.453 e. The zero-order chi connectivity index (χ0) is 17.8. The molecule has 2 aliphatic heterocycles. The Morgan fingerprint density at radius 1 is 1.12 bits per heavy atom. The molecule has 2 heterocycles. The first-order chi connectivity index (χ1) is 12.1. The van der Waals surface area contributed by atoms with Gasteiger partial charge in [0.2, 0.25) is 0 Å². The van der Waals surface area contributed by atoms with E-state index in [2.05, 4.69) is 5.32 Å². The molecular formula is C18H23NO6. The van der Waals surface area contributed by atoms with Crippen molar-refractivity contribution < 1.29 is 28.5 Å². The Hall–Kier alpha value is -2.12. The second-order valence-corrected chi connectivity index (χ2v) is 6.30. The molecule has 7 nitrogen and oxygen atoms in total. The maximum Gasteiger partial charge on any atom is 0.407 e. The maximum absolute atomic E-state index is 12.2. The van der Waals surface area contributed by atoms with E-state index in [0.29, 0.717) is 5.56 Å². The molecule has 3 rings (SSSR count). The normalized spacial score (nSPS) is 28.9. The molecule has 5 atom stereocenters. The zero-order valence-electron chi connectivity index (χ0n) is 14.3. The lowest BCUT2D eigenvalue weighted by Crippen LogP contribution is -2.40. The van der Waals surface area contributed by atoms with E-state index >= 15 is 0 Å². The SMILES string of the molecule is CCC(C)NC(=O)O[C@H]1CO[C@H]2[C@@H]1OC[C@H]2OC(=O)c1ccccc1. The molecule has 25 heavy (non-hydrogen) atoms. The third-order valence-corrected chi connectivity index (χ3v) is 4.47. The van der Waals surface area contributed by atoms with Gasteiger partial charge >= 0.3 is 12.1 Å². The Morgan fingerprint density at radius 2 is 1.72 bits per heavy atom. The van der Waals surface area contributed by atoms with Gasteiger partial charge in [-0.2, -0.15) is 0 Å². The number of fused-ring (bicyclic) bond motifs is 1. The van der Waals surface area contributed by atoms with E-state index in [1.807, 2.05) is 19.9 Å². The van der Waals surface area contributed by atoms with Crippen molar-refractivity contribution >= 4 is 12.1 Å². The molecule has 0 bridgehead atoms. The highest BCUT2D eigenvalue weighted by atomic mass is 16.7. The highest BCUT2D eigenvalue weighted by Crippen LogP contribution is 2.31. The Kier molecular flexibility index (Phi) is 5.55. The van der Waals surface area contributed by atoms with Gasteiger partial charge in [0.15, 0.2) is 12.2 Å². The zero-order valence-corrected chi connectivity index (χ0v) is 14.3. The number of amides is 1. The molecular weight excluding hydrogens is 326 g/mol. The van der Waals surface area contributed by atoms with E-state index in [9.17, 15) is 9.59 Å². The monoisotopic (exact) mass is 349 g/mol. The van der Waals surface area contributed by atoms with Crippen LogP contribution >= 0.6 is 0 Å². The van der Waals surface area contributed by atoms with E-state index in [1.54, 1.807) is 24.3 Å². The van der Waals surface area contributed by atoms with Gasteiger partial charge in [-0.1, -0.05) is 25.1 Å². The minimum atomic E-state index is -0.510. The summed E-state index contributed by atoms with van der Waals surface area (Å²) in [5.41, 5.74) is 0.477. The van der Waals surface area contributed by atoms with Gasteiger partial charge < -0.3 is 24.3 Å². The molecule has 0 aromatic heterocycles. The van der Waals surface area contributed by atoms with E-state index in [0.717, 1.165) is 6.42 Å². The summed E-state index contributed by atoms with van der Waals surface area (Å²) in [6, 6.07) is 8.80. The van der Waals surface area contributed by atoms with Crippen molar-refractivity contribution in [3.8, 4) is 0 Å². The fraction of sp³-hybridized carbons (Fsp3) is 0.556. The van der Waals surface area contributed by atoms with Gasteiger partial charge in [-0.25, -0.2) is 9.59 Å². The molecule has 2 fully saturated rings. The van der Waals surface area contributed by atoms with Crippen molar-refractivity contribution in [1.82, 2.24) is 5.32 Å². The van der Waals surface area contributed by atoms with Gasteiger partial charge in [-0.15, -0.1) is 0 Å². The van der Waals surface area contributed by atoms with Gasteiger partial charge in [-0.05, 0) is 25.5 Å². The van der Waals surface area contributed by atoms with E-state index in [-0.39, 0.29) is 19.3 Å². The van der Waals surface area contributed by atoms with Crippen LogP contribution in [0.5, 0.6) is 0 Å². The first-order valence-corrected chi connectivity index (χ1v) is 8.55. The Balaban J connectivity index is 1.53. The fourth-order valence-corrected chi connectivity index (χ4v) is 2.89. The van der Waals surface area contributed by atoms with Crippen LogP contribution in [-0.4, -0.2) is 55.7 Å². The lowest BCUT2D eigenvalue weighted by Gasteiger charge is -2.18. The Bertz CT molecular complexity index is 607. The van der Waals surface area contributed by atoms with Crippen LogP contribution in [0.1, 0.15) is 30.6 Å². The molecule has 0 saturated carbocycles. The van der Waals surface area contributed by atoms with Crippen LogP contribution < -0.4 is 5.32 Å². The molecule has 1 aromatic rings. The Labute approximate surface area is 146 Å². The number of ether oxygens (including phenoxy) is 4. The van der Waals surface area contributed by atoms with Crippen molar-refractivity contribution in [2.75, 3.05) is 13.2 Å². The fourth-order valence-electron chi connectivity index (χ4n) is 2.89. The molecule has 1 aromatic carbocycles. The van der Waals surface area contributed by atoms with Gasteiger partial charge in [0.25, 0.3) is 0 Å². The molecule has 136 valence electrons. The summed E-state index contributed by atoms with van der Waals surface area (Å²) >= 11 is 0. The quantitative estimate of drug-likeness (QED) is 0.818. The number of rotatable bonds is 5. The summed E-state index contributed by atoms with van der Waals surface area (Å²) in [4.78, 5) is 24.0. The van der Waals surface area contributed by atoms with E-state index < -0.39 is 36.5 Å². The number of nitrogens with one attached hydrogen (secondary N) is 1. The van der Waals surface area contributed by atoms with Crippen LogP contribution in [0.2, 0.25) is 0 Å². The topological polar surface area (TPSA) is 83.1 Å². The molecule has 0 radical (unpaired) electrons. The van der Waals surface area contributed by atoms with Crippen LogP contribution in [-0.2, 0) is 18.9 Å². The first kappa shape index (κ1) is 17.7. The summed E-state index contributed by atoms with van der Waals surface area (Å²) in [6.45, 7) is 4.33. The van der Waals surface area contributed by atoms with Gasteiger partial charge in [-0.3, -0.25) is 0 Å². The number of benzene rings is 1. The summed E-state index contributed by atoms with van der Waals surface area (Å²) in [7, 11) is 0. The Morgan fingerprint density at radius 3 is 2.32 bits per heavy atom. The number of esters is 1. The third kappa shape index (κ3) is 4.11. The number of hydrogen-bond donors (Lipinski definition) is 1. The number of hydrogen-bond acceptors (Lipinski definition) is 6. The average Bonchev–Trinajstić information content (AvgIpc) is 3.19. The van der Waals surface area contributed by atoms with Gasteiger partial charge in [0, 0.05) is 6.04 Å². The van der Waals surface area contributed by atoms with Crippen molar-refractivity contribution in [3.05, 3.63) is 35.9 Å². The predicted octanol–water partition coefficient (Wildman–Crippen LogP) is 1.90. The van der Waals surface area contributed by atoms with Crippen LogP contribution in [0.4, 0.5) is 4.79 Å². The standard InChI is InChI=1S/C18H23NO6/c1-3-11(2)19-18(21)25-14-10-23-15-13(9-22-16(14)15)24-17(20)12-7-5-4-6-8-12/h4-8,11,13-16H,3,9-10H2,1-2H3,(H,19,21)/t11?,13-,14+,15-,16-/m1/s1. The molecule has 7 heteroatoms. The molecule has 1 unspecified atom stereocenters. The minimum absolute atomic E-state index is 0.0368. The molecule has 2 aliphatic rings. The first-order valence-electron chi connectivity index (χ1n) is 8.55.